The largest absolute Gasteiger partial charge is 0.361 e. The van der Waals surface area contributed by atoms with Gasteiger partial charge in [-0.3, -0.25) is 29.0 Å². The summed E-state index contributed by atoms with van der Waals surface area (Å²) >= 11 is 0. The number of epoxide rings is 1. The lowest BCUT2D eigenvalue weighted by Crippen LogP contribution is -2.59. The highest BCUT2D eigenvalue weighted by atomic mass is 16.6. The van der Waals surface area contributed by atoms with E-state index in [9.17, 15) is 24.0 Å². The first-order chi connectivity index (χ1) is 24.3. The van der Waals surface area contributed by atoms with Crippen LogP contribution in [-0.4, -0.2) is 75.8 Å². The second-order valence-electron chi connectivity index (χ2n) is 14.2. The second-order valence-corrected chi connectivity index (χ2v) is 14.2. The van der Waals surface area contributed by atoms with Gasteiger partial charge in [-0.2, -0.15) is 0 Å². The van der Waals surface area contributed by atoms with E-state index in [0.29, 0.717) is 19.4 Å². The van der Waals surface area contributed by atoms with Crippen LogP contribution in [-0.2, 0) is 36.8 Å². The summed E-state index contributed by atoms with van der Waals surface area (Å²) in [5.74, 6) is -2.29. The molecule has 2 heterocycles. The molecule has 12 heteroatoms. The summed E-state index contributed by atoms with van der Waals surface area (Å²) in [5.41, 5.74) is 0.904. The number of ketones is 1. The third-order valence-corrected chi connectivity index (χ3v) is 8.68. The molecule has 1 fully saturated rings. The standard InChI is InChI=1S/C39H50N6O6/c1-25(2)20-30(34(46)39(5)24-51-39)43-37(49)32(22-28-14-10-7-11-15-28)45-36(48)31(21-26(3)4)44-35(47)29(17-16-27-12-8-6-9-13-27)42-38(50)33-23-40-18-19-41-33/h6-15,18-19,23,25-26,29-32H,16-17,20-22,24H2,1-5H3,(H,42,50)(H,43,49)(H,44,47)(H,45,48). The van der Waals surface area contributed by atoms with E-state index in [-0.39, 0.29) is 42.6 Å². The smallest absolute Gasteiger partial charge is 0.272 e. The first-order valence-corrected chi connectivity index (χ1v) is 17.6. The van der Waals surface area contributed by atoms with Crippen molar-refractivity contribution in [2.24, 2.45) is 11.8 Å². The molecule has 0 aliphatic carbocycles. The summed E-state index contributed by atoms with van der Waals surface area (Å²) in [6.45, 7) is 9.78. The molecule has 0 saturated carbocycles. The molecule has 5 unspecified atom stereocenters. The maximum absolute atomic E-state index is 14.0. The molecule has 4 rings (SSSR count). The second kappa shape index (κ2) is 18.3. The van der Waals surface area contributed by atoms with Gasteiger partial charge in [0.2, 0.25) is 17.7 Å². The highest BCUT2D eigenvalue weighted by Crippen LogP contribution is 2.29. The summed E-state index contributed by atoms with van der Waals surface area (Å²) in [5, 5.41) is 11.4. The van der Waals surface area contributed by atoms with Gasteiger partial charge in [-0.1, -0.05) is 88.4 Å². The van der Waals surface area contributed by atoms with Crippen molar-refractivity contribution < 1.29 is 28.7 Å². The summed E-state index contributed by atoms with van der Waals surface area (Å²) in [4.78, 5) is 76.2. The molecule has 0 bridgehead atoms. The molecular formula is C39H50N6O6. The van der Waals surface area contributed by atoms with E-state index in [1.54, 1.807) is 6.92 Å². The molecule has 5 atom stereocenters. The summed E-state index contributed by atoms with van der Waals surface area (Å²) in [7, 11) is 0. The Morgan fingerprint density at radius 2 is 1.24 bits per heavy atom. The minimum atomic E-state index is -1.05. The molecule has 1 aliphatic rings. The van der Waals surface area contributed by atoms with Gasteiger partial charge in [0.05, 0.1) is 18.8 Å². The van der Waals surface area contributed by atoms with Crippen LogP contribution in [0.25, 0.3) is 0 Å². The summed E-state index contributed by atoms with van der Waals surface area (Å²) < 4.78 is 5.40. The van der Waals surface area contributed by atoms with E-state index in [1.807, 2.05) is 88.4 Å². The summed E-state index contributed by atoms with van der Waals surface area (Å²) in [6, 6.07) is 14.9. The highest BCUT2D eigenvalue weighted by molar-refractivity contribution is 5.99. The van der Waals surface area contributed by atoms with Gasteiger partial charge < -0.3 is 26.0 Å². The first-order valence-electron chi connectivity index (χ1n) is 17.6. The Kier molecular flexibility index (Phi) is 13.9. The molecule has 4 N–H and O–H groups in total. The minimum absolute atomic E-state index is 0.00766. The molecule has 1 saturated heterocycles. The Balaban J connectivity index is 1.54. The number of hydrogen-bond acceptors (Lipinski definition) is 8. The van der Waals surface area contributed by atoms with Gasteiger partial charge >= 0.3 is 0 Å². The van der Waals surface area contributed by atoms with Gasteiger partial charge in [0, 0.05) is 18.8 Å². The average molecular weight is 699 g/mol. The summed E-state index contributed by atoms with van der Waals surface area (Å²) in [6.07, 6.45) is 5.72. The number of hydrogen-bond donors (Lipinski definition) is 4. The van der Waals surface area contributed by atoms with Gasteiger partial charge in [0.25, 0.3) is 5.91 Å². The third kappa shape index (κ3) is 12.1. The molecule has 4 amide bonds. The number of nitrogens with one attached hydrogen (secondary N) is 4. The molecule has 1 aromatic heterocycles. The topological polar surface area (TPSA) is 172 Å². The van der Waals surface area contributed by atoms with Crippen LogP contribution in [0, 0.1) is 11.8 Å². The maximum Gasteiger partial charge on any atom is 0.272 e. The Labute approximate surface area is 299 Å². The van der Waals surface area contributed by atoms with Crippen LogP contribution < -0.4 is 21.3 Å². The van der Waals surface area contributed by atoms with E-state index in [2.05, 4.69) is 31.2 Å². The zero-order valence-electron chi connectivity index (χ0n) is 30.1. The van der Waals surface area contributed by atoms with Crippen LogP contribution >= 0.6 is 0 Å². The predicted octanol–water partition coefficient (Wildman–Crippen LogP) is 3.36. The molecular weight excluding hydrogens is 648 g/mol. The lowest BCUT2D eigenvalue weighted by Gasteiger charge is -2.28. The van der Waals surface area contributed by atoms with Crippen LogP contribution in [0.3, 0.4) is 0 Å². The predicted molar refractivity (Wildman–Crippen MR) is 192 cm³/mol. The average Bonchev–Trinajstić information content (AvgIpc) is 3.87. The van der Waals surface area contributed by atoms with Crippen LogP contribution in [0.15, 0.2) is 79.3 Å². The Bertz CT molecular complexity index is 1610. The molecule has 2 aromatic carbocycles. The van der Waals surface area contributed by atoms with Crippen LogP contribution in [0.4, 0.5) is 0 Å². The highest BCUT2D eigenvalue weighted by Gasteiger charge is 2.50. The molecule has 272 valence electrons. The van der Waals surface area contributed by atoms with Crippen molar-refractivity contribution in [1.29, 1.82) is 0 Å². The van der Waals surface area contributed by atoms with Gasteiger partial charge in [0.1, 0.15) is 29.4 Å². The zero-order valence-corrected chi connectivity index (χ0v) is 30.1. The Hall–Kier alpha value is -4.97. The Morgan fingerprint density at radius 1 is 0.706 bits per heavy atom. The Morgan fingerprint density at radius 3 is 1.80 bits per heavy atom. The van der Waals surface area contributed by atoms with Crippen molar-refractivity contribution in [1.82, 2.24) is 31.2 Å². The monoisotopic (exact) mass is 698 g/mol. The number of carbonyl (C=O) groups is 5. The van der Waals surface area contributed by atoms with Gasteiger partial charge in [-0.15, -0.1) is 0 Å². The number of benzene rings is 2. The molecule has 3 aromatic rings. The van der Waals surface area contributed by atoms with Gasteiger partial charge in [0.15, 0.2) is 5.78 Å². The van der Waals surface area contributed by atoms with Crippen molar-refractivity contribution >= 4 is 29.4 Å². The quantitative estimate of drug-likeness (QED) is 0.138. The van der Waals surface area contributed by atoms with Crippen molar-refractivity contribution in [3.8, 4) is 0 Å². The molecule has 12 nitrogen and oxygen atoms in total. The number of aryl methyl sites for hydroxylation is 1. The number of rotatable bonds is 19. The van der Waals surface area contributed by atoms with Crippen molar-refractivity contribution in [3.05, 3.63) is 96.1 Å². The number of Topliss-reactive ketones (excluding diaryl/α,β-unsaturated/α-hetero) is 1. The molecule has 0 spiro atoms. The van der Waals surface area contributed by atoms with Crippen molar-refractivity contribution in [3.63, 3.8) is 0 Å². The fraction of sp³-hybridized carbons (Fsp3) is 0.462. The lowest BCUT2D eigenvalue weighted by molar-refractivity contribution is -0.134. The van der Waals surface area contributed by atoms with E-state index >= 15 is 0 Å². The van der Waals surface area contributed by atoms with Crippen LogP contribution in [0.1, 0.15) is 75.5 Å². The third-order valence-electron chi connectivity index (χ3n) is 8.68. The van der Waals surface area contributed by atoms with Gasteiger partial charge in [-0.25, -0.2) is 4.98 Å². The first kappa shape index (κ1) is 38.8. The van der Waals surface area contributed by atoms with Gasteiger partial charge in [-0.05, 0) is 55.6 Å². The minimum Gasteiger partial charge on any atom is -0.361 e. The number of nitrogens with zero attached hydrogens (tertiary/aromatic N) is 2. The van der Waals surface area contributed by atoms with E-state index in [0.717, 1.165) is 11.1 Å². The van der Waals surface area contributed by atoms with Crippen LogP contribution in [0.2, 0.25) is 0 Å². The fourth-order valence-corrected chi connectivity index (χ4v) is 5.77. The zero-order chi connectivity index (χ0) is 37.0. The molecule has 0 radical (unpaired) electrons. The van der Waals surface area contributed by atoms with E-state index in [1.165, 1.54) is 18.6 Å². The number of amides is 4. The SMILES string of the molecule is CC(C)CC(NC(=O)C(CCc1ccccc1)NC(=O)c1cnccn1)C(=O)NC(Cc1ccccc1)C(=O)NC(CC(C)C)C(=O)C1(C)CO1. The van der Waals surface area contributed by atoms with Crippen LogP contribution in [0.5, 0.6) is 0 Å². The fourth-order valence-electron chi connectivity index (χ4n) is 5.77. The van der Waals surface area contributed by atoms with E-state index < -0.39 is 53.4 Å². The maximum atomic E-state index is 14.0. The molecule has 1 aliphatic heterocycles. The number of aromatic nitrogens is 2. The lowest BCUT2D eigenvalue weighted by atomic mass is 9.93. The van der Waals surface area contributed by atoms with Crippen molar-refractivity contribution in [2.45, 2.75) is 96.5 Å². The molecule has 51 heavy (non-hydrogen) atoms. The normalized spacial score (nSPS) is 17.5. The van der Waals surface area contributed by atoms with E-state index in [4.69, 9.17) is 4.74 Å². The number of carbonyl (C=O) groups excluding carboxylic acids is 5. The van der Waals surface area contributed by atoms with Crippen molar-refractivity contribution in [2.75, 3.05) is 6.61 Å². The number of ether oxygens (including phenoxy) is 1.